The minimum absolute atomic E-state index is 0.381. The molecule has 0 bridgehead atoms. The van der Waals surface area contributed by atoms with Crippen molar-refractivity contribution in [3.8, 4) is 11.8 Å². The summed E-state index contributed by atoms with van der Waals surface area (Å²) in [6, 6.07) is 6.66. The molecule has 1 atom stereocenters. The lowest BCUT2D eigenvalue weighted by atomic mass is 10.1. The second kappa shape index (κ2) is 9.17. The van der Waals surface area contributed by atoms with E-state index in [0.717, 1.165) is 12.8 Å². The first-order valence-corrected chi connectivity index (χ1v) is 7.03. The van der Waals surface area contributed by atoms with Crippen molar-refractivity contribution < 1.29 is 14.6 Å². The van der Waals surface area contributed by atoms with Gasteiger partial charge in [-0.15, -0.1) is 5.92 Å². The molecular formula is C17H22O3. The van der Waals surface area contributed by atoms with Crippen molar-refractivity contribution in [2.75, 3.05) is 7.11 Å². The van der Waals surface area contributed by atoms with E-state index in [1.807, 2.05) is 0 Å². The minimum atomic E-state index is -0.798. The van der Waals surface area contributed by atoms with Crippen molar-refractivity contribution in [1.82, 2.24) is 0 Å². The zero-order chi connectivity index (χ0) is 14.8. The molecule has 0 saturated heterocycles. The van der Waals surface area contributed by atoms with Crippen molar-refractivity contribution >= 4 is 5.97 Å². The predicted molar refractivity (Wildman–Crippen MR) is 79.3 cm³/mol. The van der Waals surface area contributed by atoms with Crippen molar-refractivity contribution in [3.05, 3.63) is 35.4 Å². The second-order valence-corrected chi connectivity index (χ2v) is 4.65. The Morgan fingerprint density at radius 2 is 1.95 bits per heavy atom. The third-order valence-corrected chi connectivity index (χ3v) is 3.04. The number of hydrogen-bond acceptors (Lipinski definition) is 3. The van der Waals surface area contributed by atoms with Crippen LogP contribution in [0.5, 0.6) is 0 Å². The Labute approximate surface area is 121 Å². The Kier molecular flexibility index (Phi) is 7.46. The van der Waals surface area contributed by atoms with Crippen molar-refractivity contribution in [3.63, 3.8) is 0 Å². The molecule has 0 aromatic heterocycles. The minimum Gasteiger partial charge on any atom is -0.465 e. The molecule has 0 heterocycles. The van der Waals surface area contributed by atoms with Gasteiger partial charge in [0.25, 0.3) is 0 Å². The first kappa shape index (κ1) is 16.3. The smallest absolute Gasteiger partial charge is 0.337 e. The molecule has 1 N–H and O–H groups in total. The molecular weight excluding hydrogens is 252 g/mol. The molecule has 0 spiro atoms. The fourth-order valence-corrected chi connectivity index (χ4v) is 1.81. The number of unbranched alkanes of at least 4 members (excludes halogenated alkanes) is 4. The van der Waals surface area contributed by atoms with Crippen LogP contribution in [0.15, 0.2) is 24.3 Å². The highest BCUT2D eigenvalue weighted by molar-refractivity contribution is 5.89. The van der Waals surface area contributed by atoms with Gasteiger partial charge >= 0.3 is 5.97 Å². The van der Waals surface area contributed by atoms with E-state index in [9.17, 15) is 9.90 Å². The van der Waals surface area contributed by atoms with Crippen LogP contribution in [0.25, 0.3) is 0 Å². The summed E-state index contributed by atoms with van der Waals surface area (Å²) in [6.07, 6.45) is 4.73. The summed E-state index contributed by atoms with van der Waals surface area (Å²) >= 11 is 0. The Balaban J connectivity index is 2.49. The summed E-state index contributed by atoms with van der Waals surface area (Å²) in [6.45, 7) is 2.17. The van der Waals surface area contributed by atoms with Gasteiger partial charge in [0, 0.05) is 6.42 Å². The zero-order valence-corrected chi connectivity index (χ0v) is 12.2. The van der Waals surface area contributed by atoms with Crippen LogP contribution in [-0.2, 0) is 4.74 Å². The summed E-state index contributed by atoms with van der Waals surface area (Å²) in [5.41, 5.74) is 1.16. The molecule has 20 heavy (non-hydrogen) atoms. The normalized spacial score (nSPS) is 11.3. The van der Waals surface area contributed by atoms with Crippen LogP contribution in [0.2, 0.25) is 0 Å². The van der Waals surface area contributed by atoms with Gasteiger partial charge in [0.15, 0.2) is 0 Å². The van der Waals surface area contributed by atoms with Crippen molar-refractivity contribution in [1.29, 1.82) is 0 Å². The summed E-state index contributed by atoms with van der Waals surface area (Å²) in [4.78, 5) is 11.3. The lowest BCUT2D eigenvalue weighted by molar-refractivity contribution is 0.0600. The summed E-state index contributed by atoms with van der Waals surface area (Å²) in [7, 11) is 1.34. The molecule has 0 aliphatic heterocycles. The molecule has 0 radical (unpaired) electrons. The van der Waals surface area contributed by atoms with E-state index >= 15 is 0 Å². The van der Waals surface area contributed by atoms with Crippen LogP contribution in [0, 0.1) is 11.8 Å². The monoisotopic (exact) mass is 274 g/mol. The lowest BCUT2D eigenvalue weighted by Crippen LogP contribution is -2.01. The molecule has 0 amide bonds. The van der Waals surface area contributed by atoms with E-state index in [1.165, 1.54) is 26.4 Å². The maximum Gasteiger partial charge on any atom is 0.337 e. The molecule has 0 fully saturated rings. The molecule has 0 aliphatic rings. The SMILES string of the molecule is CCCCCCC#CC(O)c1ccc(C(=O)OC)cc1. The maximum absolute atomic E-state index is 11.3. The third kappa shape index (κ3) is 5.46. The lowest BCUT2D eigenvalue weighted by Gasteiger charge is -2.04. The second-order valence-electron chi connectivity index (χ2n) is 4.65. The van der Waals surface area contributed by atoms with Crippen LogP contribution in [-0.4, -0.2) is 18.2 Å². The molecule has 1 aromatic rings. The average molecular weight is 274 g/mol. The number of hydrogen-bond donors (Lipinski definition) is 1. The quantitative estimate of drug-likeness (QED) is 0.491. The van der Waals surface area contributed by atoms with E-state index in [1.54, 1.807) is 24.3 Å². The van der Waals surface area contributed by atoms with Crippen molar-refractivity contribution in [2.45, 2.75) is 45.1 Å². The standard InChI is InChI=1S/C17H22O3/c1-3-4-5-6-7-8-9-16(18)14-10-12-15(13-11-14)17(19)20-2/h10-13,16,18H,3-7H2,1-2H3. The van der Waals surface area contributed by atoms with Crippen LogP contribution in [0.1, 0.15) is 61.1 Å². The first-order chi connectivity index (χ1) is 9.69. The number of aliphatic hydroxyl groups is 1. The largest absolute Gasteiger partial charge is 0.465 e. The van der Waals surface area contributed by atoms with E-state index in [0.29, 0.717) is 11.1 Å². The topological polar surface area (TPSA) is 46.5 Å². The summed E-state index contributed by atoms with van der Waals surface area (Å²) in [5, 5.41) is 9.92. The Bertz CT molecular complexity index is 465. The molecule has 1 unspecified atom stereocenters. The van der Waals surface area contributed by atoms with Crippen LogP contribution in [0.3, 0.4) is 0 Å². The molecule has 3 heteroatoms. The van der Waals surface area contributed by atoms with Crippen molar-refractivity contribution in [2.24, 2.45) is 0 Å². The Morgan fingerprint density at radius 1 is 1.25 bits per heavy atom. The summed E-state index contributed by atoms with van der Waals surface area (Å²) < 4.78 is 4.62. The predicted octanol–water partition coefficient (Wildman–Crippen LogP) is 3.48. The van der Waals surface area contributed by atoms with Crippen LogP contribution in [0.4, 0.5) is 0 Å². The average Bonchev–Trinajstić information content (AvgIpc) is 2.50. The van der Waals surface area contributed by atoms with Gasteiger partial charge in [0.05, 0.1) is 12.7 Å². The molecule has 3 nitrogen and oxygen atoms in total. The molecule has 1 aromatic carbocycles. The van der Waals surface area contributed by atoms with Gasteiger partial charge in [-0.05, 0) is 24.1 Å². The fourth-order valence-electron chi connectivity index (χ4n) is 1.81. The summed E-state index contributed by atoms with van der Waals surface area (Å²) in [5.74, 6) is 5.45. The number of carbonyl (C=O) groups excluding carboxylic acids is 1. The van der Waals surface area contributed by atoms with Gasteiger partial charge < -0.3 is 9.84 Å². The number of benzene rings is 1. The molecule has 108 valence electrons. The maximum atomic E-state index is 11.3. The highest BCUT2D eigenvalue weighted by Crippen LogP contribution is 2.13. The van der Waals surface area contributed by atoms with E-state index in [-0.39, 0.29) is 5.97 Å². The van der Waals surface area contributed by atoms with Crippen LogP contribution < -0.4 is 0 Å². The number of aliphatic hydroxyl groups excluding tert-OH is 1. The number of esters is 1. The van der Waals surface area contributed by atoms with Gasteiger partial charge in [0.2, 0.25) is 0 Å². The van der Waals surface area contributed by atoms with E-state index < -0.39 is 6.10 Å². The fraction of sp³-hybridized carbons (Fsp3) is 0.471. The third-order valence-electron chi connectivity index (χ3n) is 3.04. The first-order valence-electron chi connectivity index (χ1n) is 7.03. The number of carbonyl (C=O) groups is 1. The van der Waals surface area contributed by atoms with Gasteiger partial charge in [-0.3, -0.25) is 0 Å². The number of ether oxygens (including phenoxy) is 1. The Hall–Kier alpha value is -1.79. The van der Waals surface area contributed by atoms with Gasteiger partial charge in [-0.25, -0.2) is 4.79 Å². The molecule has 0 saturated carbocycles. The molecule has 1 rings (SSSR count). The van der Waals surface area contributed by atoms with Gasteiger partial charge in [0.1, 0.15) is 6.10 Å². The molecule has 0 aliphatic carbocycles. The Morgan fingerprint density at radius 3 is 2.55 bits per heavy atom. The highest BCUT2D eigenvalue weighted by atomic mass is 16.5. The highest BCUT2D eigenvalue weighted by Gasteiger charge is 2.07. The van der Waals surface area contributed by atoms with Crippen LogP contribution >= 0.6 is 0 Å². The van der Waals surface area contributed by atoms with E-state index in [4.69, 9.17) is 0 Å². The van der Waals surface area contributed by atoms with Gasteiger partial charge in [-0.1, -0.05) is 44.2 Å². The number of methoxy groups -OCH3 is 1. The van der Waals surface area contributed by atoms with E-state index in [2.05, 4.69) is 23.5 Å². The number of rotatable bonds is 6. The zero-order valence-electron chi connectivity index (χ0n) is 12.2. The van der Waals surface area contributed by atoms with Gasteiger partial charge in [-0.2, -0.15) is 0 Å².